The topological polar surface area (TPSA) is 47.5 Å². The highest BCUT2D eigenvalue weighted by molar-refractivity contribution is 5.31. The Bertz CT molecular complexity index is 627. The maximum atomic E-state index is 5.80. The Balaban J connectivity index is 1.52. The number of morpholine rings is 1. The molecule has 0 bridgehead atoms. The highest BCUT2D eigenvalue weighted by Gasteiger charge is 2.09. The molecule has 0 saturated carbocycles. The molecule has 0 unspecified atom stereocenters. The molecular formula is C18H23N3O2. The zero-order valence-electron chi connectivity index (χ0n) is 13.6. The van der Waals surface area contributed by atoms with Crippen molar-refractivity contribution in [3.8, 4) is 11.6 Å². The van der Waals surface area contributed by atoms with Crippen LogP contribution in [0.25, 0.3) is 0 Å². The van der Waals surface area contributed by atoms with Crippen LogP contribution >= 0.6 is 0 Å². The number of aromatic nitrogens is 2. The SMILES string of the molecule is Cc1cncc(Oc2cccc(CCCN3CCOCC3)c2)n1. The van der Waals surface area contributed by atoms with E-state index >= 15 is 0 Å². The molecule has 1 aromatic heterocycles. The molecule has 23 heavy (non-hydrogen) atoms. The van der Waals surface area contributed by atoms with Crippen LogP contribution in [0.15, 0.2) is 36.7 Å². The average Bonchev–Trinajstić information content (AvgIpc) is 2.56. The van der Waals surface area contributed by atoms with Crippen LogP contribution in [0.4, 0.5) is 0 Å². The van der Waals surface area contributed by atoms with Gasteiger partial charge in [0, 0.05) is 19.3 Å². The van der Waals surface area contributed by atoms with E-state index < -0.39 is 0 Å². The highest BCUT2D eigenvalue weighted by Crippen LogP contribution is 2.20. The van der Waals surface area contributed by atoms with Gasteiger partial charge in [0.25, 0.3) is 0 Å². The fourth-order valence-electron chi connectivity index (χ4n) is 2.71. The maximum absolute atomic E-state index is 5.80. The van der Waals surface area contributed by atoms with Crippen LogP contribution < -0.4 is 4.74 Å². The highest BCUT2D eigenvalue weighted by atomic mass is 16.5. The number of hydrogen-bond donors (Lipinski definition) is 0. The van der Waals surface area contributed by atoms with E-state index in [1.165, 1.54) is 5.56 Å². The second-order valence-electron chi connectivity index (χ2n) is 5.81. The van der Waals surface area contributed by atoms with Gasteiger partial charge >= 0.3 is 0 Å². The molecule has 2 aromatic rings. The fraction of sp³-hybridized carbons (Fsp3) is 0.444. The van der Waals surface area contributed by atoms with E-state index in [0.29, 0.717) is 5.88 Å². The molecule has 5 nitrogen and oxygen atoms in total. The van der Waals surface area contributed by atoms with E-state index in [0.717, 1.165) is 57.1 Å². The Labute approximate surface area is 137 Å². The summed E-state index contributed by atoms with van der Waals surface area (Å²) in [4.78, 5) is 10.9. The lowest BCUT2D eigenvalue weighted by Gasteiger charge is -2.26. The molecule has 3 rings (SSSR count). The number of ether oxygens (including phenoxy) is 2. The molecule has 1 fully saturated rings. The van der Waals surface area contributed by atoms with Crippen molar-refractivity contribution in [3.05, 3.63) is 47.9 Å². The van der Waals surface area contributed by atoms with E-state index in [1.54, 1.807) is 12.4 Å². The van der Waals surface area contributed by atoms with Gasteiger partial charge in [-0.05, 0) is 44.0 Å². The lowest BCUT2D eigenvalue weighted by molar-refractivity contribution is 0.0375. The minimum Gasteiger partial charge on any atom is -0.437 e. The lowest BCUT2D eigenvalue weighted by Crippen LogP contribution is -2.36. The van der Waals surface area contributed by atoms with Crippen molar-refractivity contribution in [3.63, 3.8) is 0 Å². The van der Waals surface area contributed by atoms with Crippen LogP contribution in [0.3, 0.4) is 0 Å². The zero-order chi connectivity index (χ0) is 15.9. The molecule has 0 atom stereocenters. The Kier molecular flexibility index (Phi) is 5.56. The van der Waals surface area contributed by atoms with Crippen LogP contribution in [0.5, 0.6) is 11.6 Å². The normalized spacial score (nSPS) is 15.5. The monoisotopic (exact) mass is 313 g/mol. The van der Waals surface area contributed by atoms with Gasteiger partial charge in [0.15, 0.2) is 0 Å². The molecular weight excluding hydrogens is 290 g/mol. The number of aryl methyl sites for hydroxylation is 2. The summed E-state index contributed by atoms with van der Waals surface area (Å²) in [5.74, 6) is 1.35. The summed E-state index contributed by atoms with van der Waals surface area (Å²) in [6.07, 6.45) is 5.55. The van der Waals surface area contributed by atoms with Crippen molar-refractivity contribution < 1.29 is 9.47 Å². The van der Waals surface area contributed by atoms with Gasteiger partial charge in [0.05, 0.1) is 25.1 Å². The molecule has 1 aromatic carbocycles. The van der Waals surface area contributed by atoms with Gasteiger partial charge in [-0.25, -0.2) is 4.98 Å². The molecule has 1 saturated heterocycles. The average molecular weight is 313 g/mol. The van der Waals surface area contributed by atoms with Gasteiger partial charge in [0.1, 0.15) is 5.75 Å². The fourth-order valence-corrected chi connectivity index (χ4v) is 2.71. The summed E-state index contributed by atoms with van der Waals surface area (Å²) in [7, 11) is 0. The van der Waals surface area contributed by atoms with Crippen LogP contribution in [0.1, 0.15) is 17.7 Å². The van der Waals surface area contributed by atoms with Gasteiger partial charge in [-0.1, -0.05) is 12.1 Å². The van der Waals surface area contributed by atoms with Crippen LogP contribution in [-0.4, -0.2) is 47.7 Å². The third-order valence-electron chi connectivity index (χ3n) is 3.90. The van der Waals surface area contributed by atoms with E-state index in [4.69, 9.17) is 9.47 Å². The van der Waals surface area contributed by atoms with Crippen LogP contribution in [0.2, 0.25) is 0 Å². The molecule has 0 aliphatic carbocycles. The minimum absolute atomic E-state index is 0.537. The predicted octanol–water partition coefficient (Wildman–Crippen LogP) is 2.84. The summed E-state index contributed by atoms with van der Waals surface area (Å²) in [6, 6.07) is 8.22. The van der Waals surface area contributed by atoms with Gasteiger partial charge < -0.3 is 9.47 Å². The molecule has 0 N–H and O–H groups in total. The quantitative estimate of drug-likeness (QED) is 0.820. The van der Waals surface area contributed by atoms with Crippen LogP contribution in [-0.2, 0) is 11.2 Å². The predicted molar refractivity (Wildman–Crippen MR) is 88.9 cm³/mol. The first-order valence-electron chi connectivity index (χ1n) is 8.15. The molecule has 5 heteroatoms. The summed E-state index contributed by atoms with van der Waals surface area (Å²) >= 11 is 0. The summed E-state index contributed by atoms with van der Waals surface area (Å²) in [6.45, 7) is 6.85. The Morgan fingerprint density at radius 3 is 2.91 bits per heavy atom. The summed E-state index contributed by atoms with van der Waals surface area (Å²) in [5.41, 5.74) is 2.14. The first-order valence-corrected chi connectivity index (χ1v) is 8.15. The number of rotatable bonds is 6. The number of hydrogen-bond acceptors (Lipinski definition) is 5. The lowest BCUT2D eigenvalue weighted by atomic mass is 10.1. The van der Waals surface area contributed by atoms with Crippen LogP contribution in [0, 0.1) is 6.92 Å². The second-order valence-corrected chi connectivity index (χ2v) is 5.81. The van der Waals surface area contributed by atoms with Crippen molar-refractivity contribution in [1.82, 2.24) is 14.9 Å². The number of benzene rings is 1. The summed E-state index contributed by atoms with van der Waals surface area (Å²) in [5, 5.41) is 0. The molecule has 2 heterocycles. The molecule has 0 radical (unpaired) electrons. The zero-order valence-corrected chi connectivity index (χ0v) is 13.6. The van der Waals surface area contributed by atoms with Crippen molar-refractivity contribution in [2.45, 2.75) is 19.8 Å². The van der Waals surface area contributed by atoms with E-state index in [2.05, 4.69) is 27.0 Å². The Morgan fingerprint density at radius 2 is 2.09 bits per heavy atom. The molecule has 1 aliphatic heterocycles. The van der Waals surface area contributed by atoms with Crippen molar-refractivity contribution >= 4 is 0 Å². The summed E-state index contributed by atoms with van der Waals surface area (Å²) < 4.78 is 11.2. The van der Waals surface area contributed by atoms with Crippen molar-refractivity contribution in [1.29, 1.82) is 0 Å². The minimum atomic E-state index is 0.537. The molecule has 0 spiro atoms. The molecule has 122 valence electrons. The third kappa shape index (κ3) is 5.01. The van der Waals surface area contributed by atoms with Gasteiger partial charge in [-0.2, -0.15) is 0 Å². The van der Waals surface area contributed by atoms with E-state index in [-0.39, 0.29) is 0 Å². The van der Waals surface area contributed by atoms with Gasteiger partial charge in [-0.15, -0.1) is 0 Å². The number of nitrogens with zero attached hydrogens (tertiary/aromatic N) is 3. The van der Waals surface area contributed by atoms with E-state index in [9.17, 15) is 0 Å². The van der Waals surface area contributed by atoms with E-state index in [1.807, 2.05) is 19.1 Å². The first-order chi connectivity index (χ1) is 11.3. The smallest absolute Gasteiger partial charge is 0.238 e. The Hall–Kier alpha value is -1.98. The third-order valence-corrected chi connectivity index (χ3v) is 3.90. The largest absolute Gasteiger partial charge is 0.437 e. The standard InChI is InChI=1S/C18H23N3O2/c1-15-13-19-14-18(20-15)23-17-6-2-4-16(12-17)5-3-7-21-8-10-22-11-9-21/h2,4,6,12-14H,3,5,7-11H2,1H3. The second kappa shape index (κ2) is 8.04. The van der Waals surface area contributed by atoms with Gasteiger partial charge in [-0.3, -0.25) is 9.88 Å². The first kappa shape index (κ1) is 15.9. The Morgan fingerprint density at radius 1 is 1.22 bits per heavy atom. The molecule has 1 aliphatic rings. The molecule has 0 amide bonds. The van der Waals surface area contributed by atoms with Crippen molar-refractivity contribution in [2.24, 2.45) is 0 Å². The van der Waals surface area contributed by atoms with Crippen molar-refractivity contribution in [2.75, 3.05) is 32.8 Å². The maximum Gasteiger partial charge on any atom is 0.238 e. The van der Waals surface area contributed by atoms with Gasteiger partial charge in [0.2, 0.25) is 5.88 Å².